The molecule has 1 fully saturated rings. The van der Waals surface area contributed by atoms with Crippen molar-refractivity contribution in [3.05, 3.63) is 51.7 Å². The lowest BCUT2D eigenvalue weighted by Crippen LogP contribution is -2.37. The third kappa shape index (κ3) is 4.34. The van der Waals surface area contributed by atoms with E-state index in [0.29, 0.717) is 6.07 Å². The molecule has 2 heterocycles. The fraction of sp³-hybridized carbons (Fsp3) is 0.353. The lowest BCUT2D eigenvalue weighted by Gasteiger charge is -2.27. The van der Waals surface area contributed by atoms with Crippen LogP contribution in [0, 0.1) is 11.6 Å². The Kier molecular flexibility index (Phi) is 5.89. The average molecular weight is 415 g/mol. The maximum absolute atomic E-state index is 14.4. The third-order valence-electron chi connectivity index (χ3n) is 4.50. The molecule has 27 heavy (non-hydrogen) atoms. The van der Waals surface area contributed by atoms with Crippen LogP contribution in [0.2, 0.25) is 0 Å². The van der Waals surface area contributed by atoms with Gasteiger partial charge in [-0.1, -0.05) is 6.07 Å². The SMILES string of the molecule is NS(=O)(=O)c1ccc(F)c(C(=O)NC[C@H](c2cccs2)N2CCCC2)c1F. The molecular formula is C17H19F2N3O3S2. The van der Waals surface area contributed by atoms with Crippen LogP contribution in [-0.2, 0) is 10.0 Å². The Morgan fingerprint density at radius 2 is 1.96 bits per heavy atom. The fourth-order valence-corrected chi connectivity index (χ4v) is 4.65. The molecule has 0 bridgehead atoms. The number of nitrogens with two attached hydrogens (primary N) is 1. The van der Waals surface area contributed by atoms with Gasteiger partial charge in [0, 0.05) is 11.4 Å². The first-order valence-corrected chi connectivity index (χ1v) is 10.8. The van der Waals surface area contributed by atoms with Crippen LogP contribution < -0.4 is 10.5 Å². The number of rotatable bonds is 6. The van der Waals surface area contributed by atoms with E-state index in [9.17, 15) is 22.0 Å². The normalized spacial score (nSPS) is 16.4. The van der Waals surface area contributed by atoms with Crippen LogP contribution in [0.1, 0.15) is 34.1 Å². The van der Waals surface area contributed by atoms with E-state index in [2.05, 4.69) is 10.2 Å². The summed E-state index contributed by atoms with van der Waals surface area (Å²) in [5.74, 6) is -3.65. The zero-order valence-electron chi connectivity index (χ0n) is 14.3. The predicted molar refractivity (Wildman–Crippen MR) is 97.9 cm³/mol. The Morgan fingerprint density at radius 1 is 1.26 bits per heavy atom. The fourth-order valence-electron chi connectivity index (χ4n) is 3.18. The van der Waals surface area contributed by atoms with Gasteiger partial charge in [-0.3, -0.25) is 9.69 Å². The van der Waals surface area contributed by atoms with Crippen molar-refractivity contribution in [2.75, 3.05) is 19.6 Å². The molecule has 0 spiro atoms. The third-order valence-corrected chi connectivity index (χ3v) is 6.40. The number of sulfonamides is 1. The average Bonchev–Trinajstić information content (AvgIpc) is 3.28. The van der Waals surface area contributed by atoms with Crippen LogP contribution in [0.5, 0.6) is 0 Å². The quantitative estimate of drug-likeness (QED) is 0.757. The van der Waals surface area contributed by atoms with Gasteiger partial charge in [0.2, 0.25) is 10.0 Å². The summed E-state index contributed by atoms with van der Waals surface area (Å²) in [6.45, 7) is 1.90. The number of halogens is 2. The molecule has 0 aliphatic carbocycles. The highest BCUT2D eigenvalue weighted by Gasteiger charge is 2.28. The number of hydrogen-bond acceptors (Lipinski definition) is 5. The van der Waals surface area contributed by atoms with Crippen molar-refractivity contribution in [1.82, 2.24) is 10.2 Å². The van der Waals surface area contributed by atoms with Crippen molar-refractivity contribution in [2.24, 2.45) is 5.14 Å². The van der Waals surface area contributed by atoms with Crippen molar-refractivity contribution in [3.63, 3.8) is 0 Å². The van der Waals surface area contributed by atoms with E-state index in [4.69, 9.17) is 5.14 Å². The lowest BCUT2D eigenvalue weighted by atomic mass is 10.1. The Hall–Kier alpha value is -1.88. The molecule has 1 aliphatic heterocycles. The Morgan fingerprint density at radius 3 is 2.56 bits per heavy atom. The van der Waals surface area contributed by atoms with E-state index in [0.717, 1.165) is 36.9 Å². The standard InChI is InChI=1S/C17H19F2N3O3S2/c18-11-5-6-14(27(20,24)25)16(19)15(11)17(23)21-10-12(13-4-3-9-26-13)22-7-1-2-8-22/h3-6,9,12H,1-2,7-8,10H2,(H,21,23)(H2,20,24,25)/t12-/m1/s1. The minimum absolute atomic E-state index is 0.107. The van der Waals surface area contributed by atoms with Crippen molar-refractivity contribution < 1.29 is 22.0 Å². The maximum Gasteiger partial charge on any atom is 0.257 e. The second-order valence-corrected chi connectivity index (χ2v) is 8.77. The molecule has 0 saturated carbocycles. The van der Waals surface area contributed by atoms with Gasteiger partial charge in [0.25, 0.3) is 5.91 Å². The Bertz CT molecular complexity index is 927. The lowest BCUT2D eigenvalue weighted by molar-refractivity contribution is 0.0929. The topological polar surface area (TPSA) is 92.5 Å². The highest BCUT2D eigenvalue weighted by molar-refractivity contribution is 7.89. The summed E-state index contributed by atoms with van der Waals surface area (Å²) in [5.41, 5.74) is -0.951. The van der Waals surface area contributed by atoms with Gasteiger partial charge < -0.3 is 5.32 Å². The van der Waals surface area contributed by atoms with Gasteiger partial charge in [-0.2, -0.15) is 0 Å². The molecule has 6 nitrogen and oxygen atoms in total. The van der Waals surface area contributed by atoms with Crippen LogP contribution >= 0.6 is 11.3 Å². The Balaban J connectivity index is 1.82. The summed E-state index contributed by atoms with van der Waals surface area (Å²) in [5, 5.41) is 9.38. The summed E-state index contributed by atoms with van der Waals surface area (Å²) in [4.78, 5) is 14.7. The van der Waals surface area contributed by atoms with Crippen LogP contribution in [0.25, 0.3) is 0 Å². The largest absolute Gasteiger partial charge is 0.350 e. The van der Waals surface area contributed by atoms with Crippen LogP contribution in [0.3, 0.4) is 0 Å². The van der Waals surface area contributed by atoms with Crippen molar-refractivity contribution in [2.45, 2.75) is 23.8 Å². The zero-order chi connectivity index (χ0) is 19.6. The smallest absolute Gasteiger partial charge is 0.257 e. The minimum atomic E-state index is -4.41. The summed E-state index contributed by atoms with van der Waals surface area (Å²) >= 11 is 1.54. The number of nitrogens with zero attached hydrogens (tertiary/aromatic N) is 1. The van der Waals surface area contributed by atoms with E-state index >= 15 is 0 Å². The van der Waals surface area contributed by atoms with Crippen LogP contribution in [0.4, 0.5) is 8.78 Å². The molecule has 10 heteroatoms. The van der Waals surface area contributed by atoms with Gasteiger partial charge in [-0.15, -0.1) is 11.3 Å². The molecule has 1 amide bonds. The molecule has 146 valence electrons. The molecule has 1 aromatic carbocycles. The molecule has 2 aromatic rings. The van der Waals surface area contributed by atoms with E-state index < -0.39 is 38.0 Å². The molecule has 3 N–H and O–H groups in total. The number of likely N-dealkylation sites (tertiary alicyclic amines) is 1. The molecule has 1 aromatic heterocycles. The van der Waals surface area contributed by atoms with Crippen molar-refractivity contribution in [1.29, 1.82) is 0 Å². The van der Waals surface area contributed by atoms with Crippen molar-refractivity contribution in [3.8, 4) is 0 Å². The van der Waals surface area contributed by atoms with Gasteiger partial charge in [-0.25, -0.2) is 22.3 Å². The highest BCUT2D eigenvalue weighted by Crippen LogP contribution is 2.28. The maximum atomic E-state index is 14.4. The van der Waals surface area contributed by atoms with Gasteiger partial charge in [-0.05, 0) is 49.5 Å². The first kappa shape index (κ1) is 19.9. The monoisotopic (exact) mass is 415 g/mol. The van der Waals surface area contributed by atoms with Crippen LogP contribution in [0.15, 0.2) is 34.5 Å². The van der Waals surface area contributed by atoms with Gasteiger partial charge in [0.1, 0.15) is 16.3 Å². The molecular weight excluding hydrogens is 396 g/mol. The summed E-state index contributed by atoms with van der Waals surface area (Å²) in [6.07, 6.45) is 2.10. The first-order chi connectivity index (χ1) is 12.8. The Labute approximate surface area is 160 Å². The van der Waals surface area contributed by atoms with E-state index in [1.54, 1.807) is 11.3 Å². The van der Waals surface area contributed by atoms with E-state index in [1.807, 2.05) is 17.5 Å². The number of hydrogen-bond donors (Lipinski definition) is 2. The number of thiophene rings is 1. The van der Waals surface area contributed by atoms with Crippen LogP contribution in [-0.4, -0.2) is 38.9 Å². The number of carbonyl (C=O) groups is 1. The van der Waals surface area contributed by atoms with Gasteiger partial charge in [0.15, 0.2) is 5.82 Å². The number of carbonyl (C=O) groups excluding carboxylic acids is 1. The number of benzene rings is 1. The zero-order valence-corrected chi connectivity index (χ0v) is 16.0. The number of primary sulfonamides is 1. The van der Waals surface area contributed by atoms with E-state index in [-0.39, 0.29) is 12.6 Å². The van der Waals surface area contributed by atoms with Gasteiger partial charge in [0.05, 0.1) is 6.04 Å². The summed E-state index contributed by atoms with van der Waals surface area (Å²) in [7, 11) is -4.41. The molecule has 0 unspecified atom stereocenters. The highest BCUT2D eigenvalue weighted by atomic mass is 32.2. The molecule has 0 radical (unpaired) electrons. The number of amides is 1. The van der Waals surface area contributed by atoms with E-state index in [1.165, 1.54) is 0 Å². The molecule has 3 rings (SSSR count). The first-order valence-electron chi connectivity index (χ1n) is 8.35. The second-order valence-electron chi connectivity index (χ2n) is 6.26. The summed E-state index contributed by atoms with van der Waals surface area (Å²) < 4.78 is 51.3. The molecule has 1 atom stereocenters. The second kappa shape index (κ2) is 8.01. The molecule has 1 saturated heterocycles. The minimum Gasteiger partial charge on any atom is -0.350 e. The van der Waals surface area contributed by atoms with Crippen molar-refractivity contribution >= 4 is 27.3 Å². The molecule has 1 aliphatic rings. The predicted octanol–water partition coefficient (Wildman–Crippen LogP) is 2.24. The number of nitrogens with one attached hydrogen (secondary N) is 1. The summed E-state index contributed by atoms with van der Waals surface area (Å²) in [6, 6.07) is 5.16. The van der Waals surface area contributed by atoms with Gasteiger partial charge >= 0.3 is 0 Å².